The summed E-state index contributed by atoms with van der Waals surface area (Å²) < 4.78 is 0. The summed E-state index contributed by atoms with van der Waals surface area (Å²) in [5, 5.41) is 2.34. The van der Waals surface area contributed by atoms with Gasteiger partial charge in [-0.2, -0.15) is 0 Å². The number of aryl methyl sites for hydroxylation is 1. The number of nitrogens with zero attached hydrogens (tertiary/aromatic N) is 2. The highest BCUT2D eigenvalue weighted by Gasteiger charge is 2.39. The molecule has 7 nitrogen and oxygen atoms in total. The molecule has 0 aliphatic carbocycles. The Morgan fingerprint density at radius 3 is 2.46 bits per heavy atom. The number of likely N-dealkylation sites (tertiary alicyclic amines) is 1. The van der Waals surface area contributed by atoms with Crippen LogP contribution in [-0.4, -0.2) is 52.6 Å². The molecule has 0 bridgehead atoms. The Labute approximate surface area is 218 Å². The molecule has 5 rings (SSSR count). The van der Waals surface area contributed by atoms with E-state index in [0.29, 0.717) is 30.9 Å². The highest BCUT2D eigenvalue weighted by Crippen LogP contribution is 2.30. The van der Waals surface area contributed by atoms with Crippen molar-refractivity contribution in [2.45, 2.75) is 76.3 Å². The van der Waals surface area contributed by atoms with Crippen molar-refractivity contribution in [3.05, 3.63) is 70.8 Å². The number of benzene rings is 2. The van der Waals surface area contributed by atoms with Gasteiger partial charge in [0, 0.05) is 38.0 Å². The second-order valence-electron chi connectivity index (χ2n) is 10.5. The summed E-state index contributed by atoms with van der Waals surface area (Å²) in [6.07, 6.45) is 6.98. The van der Waals surface area contributed by atoms with E-state index in [1.165, 1.54) is 5.56 Å². The number of piperidine rings is 2. The van der Waals surface area contributed by atoms with Gasteiger partial charge in [0.2, 0.25) is 17.7 Å². The minimum Gasteiger partial charge on any atom is -0.343 e. The Morgan fingerprint density at radius 1 is 0.919 bits per heavy atom. The van der Waals surface area contributed by atoms with Crippen LogP contribution in [0.1, 0.15) is 84.3 Å². The predicted molar refractivity (Wildman–Crippen MR) is 140 cm³/mol. The maximum Gasteiger partial charge on any atom is 0.255 e. The van der Waals surface area contributed by atoms with Crippen LogP contribution in [-0.2, 0) is 27.3 Å². The normalized spacial score (nSPS) is 20.2. The fraction of sp³-hybridized carbons (Fsp3) is 0.467. The van der Waals surface area contributed by atoms with Crippen LogP contribution in [0.2, 0.25) is 0 Å². The minimum atomic E-state index is -0.581. The molecule has 3 heterocycles. The van der Waals surface area contributed by atoms with Crippen LogP contribution in [0, 0.1) is 0 Å². The number of fused-ring (bicyclic) bond motifs is 1. The summed E-state index contributed by atoms with van der Waals surface area (Å²) >= 11 is 0. The molecule has 3 aliphatic heterocycles. The van der Waals surface area contributed by atoms with Crippen LogP contribution < -0.4 is 5.32 Å². The molecule has 0 aromatic heterocycles. The van der Waals surface area contributed by atoms with E-state index in [2.05, 4.69) is 35.6 Å². The Kier molecular flexibility index (Phi) is 7.68. The summed E-state index contributed by atoms with van der Waals surface area (Å²) in [5.74, 6) is 0.0338. The van der Waals surface area contributed by atoms with Gasteiger partial charge in [0.15, 0.2) is 0 Å². The third-order valence-corrected chi connectivity index (χ3v) is 8.07. The molecule has 37 heavy (non-hydrogen) atoms. The van der Waals surface area contributed by atoms with Crippen LogP contribution in [0.3, 0.4) is 0 Å². The van der Waals surface area contributed by atoms with Gasteiger partial charge in [0.25, 0.3) is 5.91 Å². The fourth-order valence-electron chi connectivity index (χ4n) is 5.89. The number of hydrogen-bond donors (Lipinski definition) is 1. The molecule has 2 aromatic rings. The van der Waals surface area contributed by atoms with E-state index < -0.39 is 6.04 Å². The lowest BCUT2D eigenvalue weighted by molar-refractivity contribution is -0.137. The standard InChI is InChI=1S/C30H35N3O4/c34-27-14-13-26(29(36)31-27)33-20-24-12-11-21(19-25(24)30(33)37)7-3-1-6-10-28(35)32-17-15-23(16-18-32)22-8-4-2-5-9-22/h2,4-5,8-9,11-12,19,23,26H,1,3,6-7,10,13-18,20H2,(H,31,34,36). The van der Waals surface area contributed by atoms with Gasteiger partial charge >= 0.3 is 0 Å². The van der Waals surface area contributed by atoms with Crippen molar-refractivity contribution in [2.24, 2.45) is 0 Å². The van der Waals surface area contributed by atoms with Crippen LogP contribution in [0.15, 0.2) is 48.5 Å². The maximum absolute atomic E-state index is 13.0. The third-order valence-electron chi connectivity index (χ3n) is 8.07. The Balaban J connectivity index is 1.03. The minimum absolute atomic E-state index is 0.131. The van der Waals surface area contributed by atoms with Crippen LogP contribution in [0.25, 0.3) is 0 Å². The summed E-state index contributed by atoms with van der Waals surface area (Å²) in [7, 11) is 0. The first-order chi connectivity index (χ1) is 18.0. The first-order valence-electron chi connectivity index (χ1n) is 13.6. The topological polar surface area (TPSA) is 86.8 Å². The van der Waals surface area contributed by atoms with Crippen molar-refractivity contribution < 1.29 is 19.2 Å². The first kappa shape index (κ1) is 25.2. The van der Waals surface area contributed by atoms with E-state index in [1.54, 1.807) is 4.90 Å². The van der Waals surface area contributed by atoms with Crippen molar-refractivity contribution >= 4 is 23.6 Å². The first-order valence-corrected chi connectivity index (χ1v) is 13.6. The smallest absolute Gasteiger partial charge is 0.255 e. The van der Waals surface area contributed by atoms with Crippen LogP contribution >= 0.6 is 0 Å². The van der Waals surface area contributed by atoms with Crippen molar-refractivity contribution in [1.82, 2.24) is 15.1 Å². The number of nitrogens with one attached hydrogen (secondary N) is 1. The van der Waals surface area contributed by atoms with Crippen LogP contribution in [0.5, 0.6) is 0 Å². The second-order valence-corrected chi connectivity index (χ2v) is 10.5. The molecule has 2 saturated heterocycles. The molecule has 0 saturated carbocycles. The summed E-state index contributed by atoms with van der Waals surface area (Å²) in [6.45, 7) is 2.10. The highest BCUT2D eigenvalue weighted by atomic mass is 16.2. The number of carbonyl (C=O) groups excluding carboxylic acids is 4. The quantitative estimate of drug-likeness (QED) is 0.438. The zero-order valence-electron chi connectivity index (χ0n) is 21.3. The zero-order chi connectivity index (χ0) is 25.8. The molecule has 1 atom stereocenters. The summed E-state index contributed by atoms with van der Waals surface area (Å²) in [5.41, 5.74) is 4.08. The number of rotatable bonds is 8. The summed E-state index contributed by atoms with van der Waals surface area (Å²) in [4.78, 5) is 53.0. The molecule has 7 heteroatoms. The maximum atomic E-state index is 13.0. The van der Waals surface area contributed by atoms with E-state index in [1.807, 2.05) is 23.1 Å². The summed E-state index contributed by atoms with van der Waals surface area (Å²) in [6, 6.07) is 16.0. The largest absolute Gasteiger partial charge is 0.343 e. The number of amides is 4. The van der Waals surface area contributed by atoms with Crippen molar-refractivity contribution in [1.29, 1.82) is 0 Å². The van der Waals surface area contributed by atoms with Gasteiger partial charge in [0.05, 0.1) is 0 Å². The lowest BCUT2D eigenvalue weighted by Gasteiger charge is -2.32. The lowest BCUT2D eigenvalue weighted by Crippen LogP contribution is -2.52. The molecular weight excluding hydrogens is 466 g/mol. The van der Waals surface area contributed by atoms with Gasteiger partial charge in [-0.25, -0.2) is 0 Å². The zero-order valence-corrected chi connectivity index (χ0v) is 21.3. The third kappa shape index (κ3) is 5.76. The molecule has 2 aromatic carbocycles. The molecule has 2 fully saturated rings. The molecule has 1 N–H and O–H groups in total. The van der Waals surface area contributed by atoms with Gasteiger partial charge < -0.3 is 9.80 Å². The fourth-order valence-corrected chi connectivity index (χ4v) is 5.89. The van der Waals surface area contributed by atoms with Gasteiger partial charge in [-0.1, -0.05) is 48.9 Å². The van der Waals surface area contributed by atoms with Crippen molar-refractivity contribution in [3.8, 4) is 0 Å². The predicted octanol–water partition coefficient (Wildman–Crippen LogP) is 3.96. The van der Waals surface area contributed by atoms with Crippen LogP contribution in [0.4, 0.5) is 0 Å². The average Bonchev–Trinajstić information content (AvgIpc) is 3.24. The van der Waals surface area contributed by atoms with E-state index in [-0.39, 0.29) is 30.0 Å². The average molecular weight is 502 g/mol. The number of carbonyl (C=O) groups is 4. The van der Waals surface area contributed by atoms with E-state index in [4.69, 9.17) is 0 Å². The lowest BCUT2D eigenvalue weighted by atomic mass is 9.89. The van der Waals surface area contributed by atoms with Gasteiger partial charge in [-0.05, 0) is 67.2 Å². The highest BCUT2D eigenvalue weighted by molar-refractivity contribution is 6.05. The van der Waals surface area contributed by atoms with E-state index in [0.717, 1.165) is 62.7 Å². The van der Waals surface area contributed by atoms with Crippen molar-refractivity contribution in [3.63, 3.8) is 0 Å². The Morgan fingerprint density at radius 2 is 1.70 bits per heavy atom. The monoisotopic (exact) mass is 501 g/mol. The SMILES string of the molecule is O=C1CCC(N2Cc3ccc(CCCCCC(=O)N4CCC(c5ccccc5)CC4)cc3C2=O)C(=O)N1. The van der Waals surface area contributed by atoms with Gasteiger partial charge in [-0.15, -0.1) is 0 Å². The molecule has 4 amide bonds. The molecular formula is C30H35N3O4. The van der Waals surface area contributed by atoms with Gasteiger partial charge in [-0.3, -0.25) is 24.5 Å². The van der Waals surface area contributed by atoms with E-state index >= 15 is 0 Å². The molecule has 194 valence electrons. The Hall–Kier alpha value is -3.48. The molecule has 1 unspecified atom stereocenters. The second kappa shape index (κ2) is 11.3. The van der Waals surface area contributed by atoms with Gasteiger partial charge in [0.1, 0.15) is 6.04 Å². The number of imide groups is 1. The van der Waals surface area contributed by atoms with Crippen molar-refractivity contribution in [2.75, 3.05) is 13.1 Å². The molecule has 0 radical (unpaired) electrons. The van der Waals surface area contributed by atoms with E-state index in [9.17, 15) is 19.2 Å². The number of hydrogen-bond acceptors (Lipinski definition) is 4. The number of unbranched alkanes of at least 4 members (excludes halogenated alkanes) is 2. The Bertz CT molecular complexity index is 1170. The molecule has 3 aliphatic rings. The molecule has 0 spiro atoms.